The number of nitrogens with zero attached hydrogens (tertiary/aromatic N) is 1. The minimum Gasteiger partial charge on any atom is -0.423 e. The molecule has 4 N–H and O–H groups in total. The van der Waals surface area contributed by atoms with E-state index in [1.807, 2.05) is 6.07 Å². The van der Waals surface area contributed by atoms with E-state index in [1.165, 1.54) is 4.57 Å². The van der Waals surface area contributed by atoms with Crippen molar-refractivity contribution < 1.29 is 19.1 Å². The number of hydrogen-bond acceptors (Lipinski definition) is 4. The lowest BCUT2D eigenvalue weighted by Crippen LogP contribution is -2.18. The summed E-state index contributed by atoms with van der Waals surface area (Å²) in [4.78, 5) is 35.6. The second-order valence-corrected chi connectivity index (χ2v) is 6.63. The lowest BCUT2D eigenvalue weighted by molar-refractivity contribution is 0.0734. The van der Waals surface area contributed by atoms with Crippen LogP contribution in [0.2, 0.25) is 0 Å². The first-order valence-corrected chi connectivity index (χ1v) is 9.06. The van der Waals surface area contributed by atoms with E-state index in [4.69, 9.17) is 16.2 Å². The molecule has 30 heavy (non-hydrogen) atoms. The third-order valence-electron chi connectivity index (χ3n) is 4.71. The van der Waals surface area contributed by atoms with Crippen molar-refractivity contribution in [3.63, 3.8) is 0 Å². The minimum atomic E-state index is -0.644. The number of amides is 2. The number of primary amides is 2. The highest BCUT2D eigenvalue weighted by atomic mass is 16.5. The molecule has 0 spiro atoms. The van der Waals surface area contributed by atoms with E-state index >= 15 is 0 Å². The summed E-state index contributed by atoms with van der Waals surface area (Å²) in [6.45, 7) is 0. The van der Waals surface area contributed by atoms with Gasteiger partial charge in [0.15, 0.2) is 0 Å². The number of esters is 1. The number of carbonyl (C=O) groups is 3. The zero-order valence-corrected chi connectivity index (χ0v) is 15.7. The molecule has 0 atom stereocenters. The van der Waals surface area contributed by atoms with Gasteiger partial charge < -0.3 is 16.2 Å². The molecule has 148 valence electrons. The Balaban J connectivity index is 1.78. The molecule has 4 aromatic rings. The molecule has 4 rings (SSSR count). The molecule has 3 aromatic carbocycles. The predicted molar refractivity (Wildman–Crippen MR) is 112 cm³/mol. The Morgan fingerprint density at radius 3 is 2.13 bits per heavy atom. The van der Waals surface area contributed by atoms with E-state index in [0.29, 0.717) is 33.3 Å². The third kappa shape index (κ3) is 3.51. The standard InChI is InChI=1S/C23H17N3O4/c24-21(27)15-8-6-14(7-9-15)19-13-26(23(25)29)20-11-10-17(12-18(19)20)30-22(28)16-4-2-1-3-5-16/h1-13H,(H2,24,27)(H2,25,29). The molecular weight excluding hydrogens is 382 g/mol. The van der Waals surface area contributed by atoms with Gasteiger partial charge in [-0.25, -0.2) is 9.59 Å². The van der Waals surface area contributed by atoms with Gasteiger partial charge in [0.25, 0.3) is 0 Å². The van der Waals surface area contributed by atoms with Gasteiger partial charge in [-0.2, -0.15) is 0 Å². The fourth-order valence-corrected chi connectivity index (χ4v) is 3.24. The monoisotopic (exact) mass is 399 g/mol. The molecule has 1 aromatic heterocycles. The summed E-state index contributed by atoms with van der Waals surface area (Å²) in [6, 6.07) is 19.6. The summed E-state index contributed by atoms with van der Waals surface area (Å²) in [5.41, 5.74) is 13.6. The molecular formula is C23H17N3O4. The Morgan fingerprint density at radius 1 is 0.800 bits per heavy atom. The Hall–Kier alpha value is -4.39. The second kappa shape index (κ2) is 7.56. The maximum absolute atomic E-state index is 12.4. The number of nitrogens with two attached hydrogens (primary N) is 2. The van der Waals surface area contributed by atoms with Gasteiger partial charge in [-0.3, -0.25) is 9.36 Å². The number of aromatic nitrogens is 1. The van der Waals surface area contributed by atoms with Crippen LogP contribution >= 0.6 is 0 Å². The van der Waals surface area contributed by atoms with Crippen LogP contribution in [0.5, 0.6) is 5.75 Å². The topological polar surface area (TPSA) is 117 Å². The first kappa shape index (κ1) is 18.9. The quantitative estimate of drug-likeness (QED) is 0.403. The molecule has 0 aliphatic heterocycles. The van der Waals surface area contributed by atoms with Crippen molar-refractivity contribution in [1.29, 1.82) is 0 Å². The highest BCUT2D eigenvalue weighted by Gasteiger charge is 2.16. The van der Waals surface area contributed by atoms with Crippen LogP contribution in [0.15, 0.2) is 79.0 Å². The van der Waals surface area contributed by atoms with Gasteiger partial charge in [-0.15, -0.1) is 0 Å². The Morgan fingerprint density at radius 2 is 1.50 bits per heavy atom. The summed E-state index contributed by atoms with van der Waals surface area (Å²) < 4.78 is 6.81. The average molecular weight is 399 g/mol. The summed E-state index contributed by atoms with van der Waals surface area (Å²) in [7, 11) is 0. The first-order chi connectivity index (χ1) is 14.4. The smallest absolute Gasteiger partial charge is 0.343 e. The van der Waals surface area contributed by atoms with E-state index in [2.05, 4.69) is 0 Å². The Bertz CT molecular complexity index is 1280. The van der Waals surface area contributed by atoms with Gasteiger partial charge >= 0.3 is 12.0 Å². The summed E-state index contributed by atoms with van der Waals surface area (Å²) in [5, 5.41) is 0.666. The van der Waals surface area contributed by atoms with Crippen molar-refractivity contribution in [3.05, 3.63) is 90.1 Å². The van der Waals surface area contributed by atoms with Crippen LogP contribution in [0, 0.1) is 0 Å². The molecule has 7 nitrogen and oxygen atoms in total. The number of benzene rings is 3. The summed E-state index contributed by atoms with van der Waals surface area (Å²) in [6.07, 6.45) is 1.61. The number of rotatable bonds is 4. The molecule has 0 saturated heterocycles. The van der Waals surface area contributed by atoms with Gasteiger partial charge in [0.2, 0.25) is 5.91 Å². The molecule has 0 fully saturated rings. The van der Waals surface area contributed by atoms with E-state index in [9.17, 15) is 14.4 Å². The van der Waals surface area contributed by atoms with Gasteiger partial charge in [0.05, 0.1) is 11.1 Å². The molecule has 2 amide bonds. The largest absolute Gasteiger partial charge is 0.423 e. The normalized spacial score (nSPS) is 10.7. The average Bonchev–Trinajstić information content (AvgIpc) is 3.13. The summed E-state index contributed by atoms with van der Waals surface area (Å²) in [5.74, 6) is -0.693. The Kier molecular flexibility index (Phi) is 4.77. The highest BCUT2D eigenvalue weighted by Crippen LogP contribution is 2.33. The van der Waals surface area contributed by atoms with Crippen LogP contribution in [0.4, 0.5) is 4.79 Å². The zero-order chi connectivity index (χ0) is 21.3. The minimum absolute atomic E-state index is 0.327. The molecule has 0 aliphatic carbocycles. The zero-order valence-electron chi connectivity index (χ0n) is 15.7. The van der Waals surface area contributed by atoms with Gasteiger partial charge in [0.1, 0.15) is 5.75 Å². The van der Waals surface area contributed by atoms with Crippen molar-refractivity contribution in [2.45, 2.75) is 0 Å². The van der Waals surface area contributed by atoms with E-state index in [-0.39, 0.29) is 0 Å². The van der Waals surface area contributed by atoms with E-state index < -0.39 is 17.9 Å². The van der Waals surface area contributed by atoms with Crippen LogP contribution < -0.4 is 16.2 Å². The van der Waals surface area contributed by atoms with Crippen LogP contribution in [-0.4, -0.2) is 22.5 Å². The second-order valence-electron chi connectivity index (χ2n) is 6.63. The van der Waals surface area contributed by atoms with Crippen molar-refractivity contribution in [3.8, 4) is 16.9 Å². The van der Waals surface area contributed by atoms with Crippen molar-refractivity contribution >= 4 is 28.8 Å². The maximum Gasteiger partial charge on any atom is 0.343 e. The molecule has 0 unspecified atom stereocenters. The van der Waals surface area contributed by atoms with E-state index in [1.54, 1.807) is 72.9 Å². The van der Waals surface area contributed by atoms with Crippen LogP contribution in [0.1, 0.15) is 20.7 Å². The van der Waals surface area contributed by atoms with Crippen molar-refractivity contribution in [2.75, 3.05) is 0 Å². The molecule has 7 heteroatoms. The molecule has 1 heterocycles. The first-order valence-electron chi connectivity index (χ1n) is 9.06. The Labute approximate surface area is 171 Å². The third-order valence-corrected chi connectivity index (χ3v) is 4.71. The molecule has 0 bridgehead atoms. The maximum atomic E-state index is 12.4. The van der Waals surface area contributed by atoms with Gasteiger partial charge in [-0.1, -0.05) is 30.3 Å². The number of fused-ring (bicyclic) bond motifs is 1. The van der Waals surface area contributed by atoms with Crippen LogP contribution in [0.25, 0.3) is 22.0 Å². The number of hydrogen-bond donors (Lipinski definition) is 2. The van der Waals surface area contributed by atoms with Crippen LogP contribution in [0.3, 0.4) is 0 Å². The van der Waals surface area contributed by atoms with Crippen LogP contribution in [-0.2, 0) is 0 Å². The van der Waals surface area contributed by atoms with Gasteiger partial charge in [0, 0.05) is 22.7 Å². The molecule has 0 radical (unpaired) electrons. The predicted octanol–water partition coefficient (Wildman–Crippen LogP) is 3.55. The fourth-order valence-electron chi connectivity index (χ4n) is 3.24. The molecule has 0 saturated carbocycles. The SMILES string of the molecule is NC(=O)c1ccc(-c2cn(C(N)=O)c3ccc(OC(=O)c4ccccc4)cc23)cc1. The lowest BCUT2D eigenvalue weighted by atomic mass is 10.0. The lowest BCUT2D eigenvalue weighted by Gasteiger charge is -2.06. The fraction of sp³-hybridized carbons (Fsp3) is 0. The number of ether oxygens (including phenoxy) is 1. The molecule has 0 aliphatic rings. The van der Waals surface area contributed by atoms with Crippen molar-refractivity contribution in [2.24, 2.45) is 11.5 Å². The summed E-state index contributed by atoms with van der Waals surface area (Å²) >= 11 is 0. The van der Waals surface area contributed by atoms with Gasteiger partial charge in [-0.05, 0) is 48.0 Å². The highest BCUT2D eigenvalue weighted by molar-refractivity contribution is 6.02. The number of carbonyl (C=O) groups excluding carboxylic acids is 3. The van der Waals surface area contributed by atoms with Crippen molar-refractivity contribution in [1.82, 2.24) is 4.57 Å². The van der Waals surface area contributed by atoms with E-state index in [0.717, 1.165) is 5.56 Å².